The first-order chi connectivity index (χ1) is 9.52. The first-order valence-corrected chi connectivity index (χ1v) is 7.09. The van der Waals surface area contributed by atoms with E-state index < -0.39 is 0 Å². The maximum Gasteiger partial charge on any atom is 0.254 e. The highest BCUT2D eigenvalue weighted by molar-refractivity contribution is 5.17. The van der Waals surface area contributed by atoms with Crippen molar-refractivity contribution in [2.45, 2.75) is 39.3 Å². The molecule has 112 valence electrons. The van der Waals surface area contributed by atoms with Crippen molar-refractivity contribution in [3.63, 3.8) is 0 Å². The fourth-order valence-corrected chi connectivity index (χ4v) is 2.49. The summed E-state index contributed by atoms with van der Waals surface area (Å²) in [6.45, 7) is 8.32. The molecule has 1 atom stereocenters. The monoisotopic (exact) mass is 281 g/mol. The molecule has 0 spiro atoms. The number of nitrogens with one attached hydrogen (secondary N) is 1. The Morgan fingerprint density at radius 1 is 1.55 bits per heavy atom. The van der Waals surface area contributed by atoms with Crippen molar-refractivity contribution >= 4 is 0 Å². The van der Waals surface area contributed by atoms with Crippen LogP contribution in [0.2, 0.25) is 0 Å². The van der Waals surface area contributed by atoms with Gasteiger partial charge in [0, 0.05) is 43.4 Å². The summed E-state index contributed by atoms with van der Waals surface area (Å²) in [7, 11) is 0. The molecular weight excluding hydrogens is 258 g/mol. The van der Waals surface area contributed by atoms with E-state index in [1.165, 1.54) is 0 Å². The van der Waals surface area contributed by atoms with Crippen molar-refractivity contribution in [2.75, 3.05) is 26.3 Å². The highest BCUT2D eigenvalue weighted by Gasteiger charge is 2.26. The van der Waals surface area contributed by atoms with E-state index in [0.29, 0.717) is 36.2 Å². The molecule has 0 aliphatic carbocycles. The number of aliphatic hydroxyl groups is 1. The Balaban J connectivity index is 2.23. The highest BCUT2D eigenvalue weighted by atomic mass is 16.5. The number of aromatic amines is 1. The molecule has 20 heavy (non-hydrogen) atoms. The minimum absolute atomic E-state index is 0.0496. The molecule has 1 aromatic heterocycles. The SMILES string of the molecule is Cc1nc(C2CN(C(C)C)CCO2)[nH]c(=O)c1CCO. The summed E-state index contributed by atoms with van der Waals surface area (Å²) >= 11 is 0. The number of aromatic nitrogens is 2. The number of nitrogens with zero attached hydrogens (tertiary/aromatic N) is 2. The highest BCUT2D eigenvalue weighted by Crippen LogP contribution is 2.20. The second-order valence-corrected chi connectivity index (χ2v) is 5.44. The lowest BCUT2D eigenvalue weighted by Crippen LogP contribution is -2.43. The van der Waals surface area contributed by atoms with Crippen molar-refractivity contribution in [1.29, 1.82) is 0 Å². The van der Waals surface area contributed by atoms with Crippen LogP contribution in [0, 0.1) is 6.92 Å². The third kappa shape index (κ3) is 3.26. The van der Waals surface area contributed by atoms with Crippen LogP contribution in [0.1, 0.15) is 37.0 Å². The fourth-order valence-electron chi connectivity index (χ4n) is 2.49. The molecule has 0 radical (unpaired) electrons. The van der Waals surface area contributed by atoms with E-state index in [1.807, 2.05) is 0 Å². The predicted octanol–water partition coefficient (Wildman–Crippen LogP) is 0.395. The van der Waals surface area contributed by atoms with Gasteiger partial charge in [-0.2, -0.15) is 0 Å². The van der Waals surface area contributed by atoms with Crippen LogP contribution in [0.3, 0.4) is 0 Å². The fraction of sp³-hybridized carbons (Fsp3) is 0.714. The summed E-state index contributed by atoms with van der Waals surface area (Å²) in [5, 5.41) is 8.97. The van der Waals surface area contributed by atoms with Crippen LogP contribution in [0.15, 0.2) is 4.79 Å². The zero-order chi connectivity index (χ0) is 14.7. The summed E-state index contributed by atoms with van der Waals surface area (Å²) in [6.07, 6.45) is 0.138. The molecule has 0 aromatic carbocycles. The van der Waals surface area contributed by atoms with Crippen LogP contribution < -0.4 is 5.56 Å². The Kier molecular flexibility index (Phi) is 4.91. The van der Waals surface area contributed by atoms with E-state index in [2.05, 4.69) is 28.7 Å². The van der Waals surface area contributed by atoms with Gasteiger partial charge < -0.3 is 14.8 Å². The van der Waals surface area contributed by atoms with Crippen LogP contribution >= 0.6 is 0 Å². The van der Waals surface area contributed by atoms with Crippen LogP contribution in [-0.2, 0) is 11.2 Å². The van der Waals surface area contributed by atoms with E-state index in [-0.39, 0.29) is 18.3 Å². The molecule has 0 saturated carbocycles. The number of aryl methyl sites for hydroxylation is 1. The van der Waals surface area contributed by atoms with Crippen LogP contribution in [-0.4, -0.2) is 52.3 Å². The van der Waals surface area contributed by atoms with Gasteiger partial charge in [-0.15, -0.1) is 0 Å². The number of rotatable bonds is 4. The van der Waals surface area contributed by atoms with Gasteiger partial charge >= 0.3 is 0 Å². The Morgan fingerprint density at radius 2 is 2.30 bits per heavy atom. The average molecular weight is 281 g/mol. The molecule has 2 rings (SSSR count). The average Bonchev–Trinajstić information content (AvgIpc) is 2.42. The van der Waals surface area contributed by atoms with Gasteiger partial charge in [0.15, 0.2) is 0 Å². The molecule has 6 nitrogen and oxygen atoms in total. The molecule has 1 fully saturated rings. The van der Waals surface area contributed by atoms with Crippen LogP contribution in [0.5, 0.6) is 0 Å². The lowest BCUT2D eigenvalue weighted by atomic mass is 10.1. The van der Waals surface area contributed by atoms with Gasteiger partial charge in [-0.25, -0.2) is 4.98 Å². The van der Waals surface area contributed by atoms with Gasteiger partial charge in [-0.3, -0.25) is 9.69 Å². The summed E-state index contributed by atoms with van der Waals surface area (Å²) in [5.74, 6) is 0.583. The molecular formula is C14H23N3O3. The quantitative estimate of drug-likeness (QED) is 0.835. The van der Waals surface area contributed by atoms with Gasteiger partial charge in [0.1, 0.15) is 11.9 Å². The first-order valence-electron chi connectivity index (χ1n) is 7.09. The molecule has 1 aromatic rings. The van der Waals surface area contributed by atoms with Crippen molar-refractivity contribution < 1.29 is 9.84 Å². The lowest BCUT2D eigenvalue weighted by Gasteiger charge is -2.35. The van der Waals surface area contributed by atoms with Crippen molar-refractivity contribution in [3.05, 3.63) is 27.4 Å². The largest absolute Gasteiger partial charge is 0.396 e. The van der Waals surface area contributed by atoms with Gasteiger partial charge in [0.05, 0.1) is 6.61 Å². The normalized spacial score (nSPS) is 20.6. The molecule has 2 N–H and O–H groups in total. The maximum atomic E-state index is 12.0. The van der Waals surface area contributed by atoms with Gasteiger partial charge in [-0.05, 0) is 20.8 Å². The van der Waals surface area contributed by atoms with Crippen molar-refractivity contribution in [3.8, 4) is 0 Å². The first kappa shape index (κ1) is 15.2. The minimum Gasteiger partial charge on any atom is -0.396 e. The molecule has 0 amide bonds. The molecule has 2 heterocycles. The lowest BCUT2D eigenvalue weighted by molar-refractivity contribution is -0.0444. The number of aliphatic hydroxyl groups excluding tert-OH is 1. The van der Waals surface area contributed by atoms with E-state index in [0.717, 1.165) is 13.1 Å². The third-order valence-corrected chi connectivity index (χ3v) is 3.74. The summed E-state index contributed by atoms with van der Waals surface area (Å²) < 4.78 is 5.73. The van der Waals surface area contributed by atoms with Crippen molar-refractivity contribution in [2.24, 2.45) is 0 Å². The minimum atomic E-state index is -0.194. The predicted molar refractivity (Wildman–Crippen MR) is 75.8 cm³/mol. The van der Waals surface area contributed by atoms with Gasteiger partial charge in [0.2, 0.25) is 0 Å². The smallest absolute Gasteiger partial charge is 0.254 e. The van der Waals surface area contributed by atoms with Crippen molar-refractivity contribution in [1.82, 2.24) is 14.9 Å². The Hall–Kier alpha value is -1.24. The summed E-state index contributed by atoms with van der Waals surface area (Å²) in [5.41, 5.74) is 1.04. The Labute approximate surface area is 118 Å². The molecule has 1 unspecified atom stereocenters. The molecule has 1 aliphatic heterocycles. The number of hydrogen-bond acceptors (Lipinski definition) is 5. The van der Waals surface area contributed by atoms with E-state index in [9.17, 15) is 4.79 Å². The summed E-state index contributed by atoms with van der Waals surface area (Å²) in [4.78, 5) is 21.6. The molecule has 1 aliphatic rings. The molecule has 1 saturated heterocycles. The Bertz CT molecular complexity index is 513. The van der Waals surface area contributed by atoms with Crippen LogP contribution in [0.25, 0.3) is 0 Å². The number of hydrogen-bond donors (Lipinski definition) is 2. The third-order valence-electron chi connectivity index (χ3n) is 3.74. The van der Waals surface area contributed by atoms with E-state index in [1.54, 1.807) is 6.92 Å². The number of ether oxygens (including phenoxy) is 1. The van der Waals surface area contributed by atoms with E-state index in [4.69, 9.17) is 9.84 Å². The van der Waals surface area contributed by atoms with Crippen LogP contribution in [0.4, 0.5) is 0 Å². The molecule has 0 bridgehead atoms. The second kappa shape index (κ2) is 6.47. The molecule has 6 heteroatoms. The topological polar surface area (TPSA) is 78.5 Å². The van der Waals surface area contributed by atoms with Gasteiger partial charge in [0.25, 0.3) is 5.56 Å². The van der Waals surface area contributed by atoms with E-state index >= 15 is 0 Å². The number of H-pyrrole nitrogens is 1. The van der Waals surface area contributed by atoms with Gasteiger partial charge in [-0.1, -0.05) is 0 Å². The maximum absolute atomic E-state index is 12.0. The standard InChI is InChI=1S/C14H23N3O3/c1-9(2)17-5-7-20-12(8-17)13-15-10(3)11(4-6-18)14(19)16-13/h9,12,18H,4-8H2,1-3H3,(H,15,16,19). The zero-order valence-corrected chi connectivity index (χ0v) is 12.3. The summed E-state index contributed by atoms with van der Waals surface area (Å²) in [6, 6.07) is 0.447. The second-order valence-electron chi connectivity index (χ2n) is 5.44. The zero-order valence-electron chi connectivity index (χ0n) is 12.3. The number of morpholine rings is 1. The Morgan fingerprint density at radius 3 is 2.90 bits per heavy atom.